The van der Waals surface area contributed by atoms with Gasteiger partial charge in [-0.3, -0.25) is 4.99 Å². The van der Waals surface area contributed by atoms with Gasteiger partial charge in [-0.2, -0.15) is 0 Å². The van der Waals surface area contributed by atoms with E-state index >= 15 is 8.78 Å². The molecule has 1 aliphatic rings. The fourth-order valence-corrected chi connectivity index (χ4v) is 5.83. The van der Waals surface area contributed by atoms with Crippen LogP contribution in [-0.4, -0.2) is 61.9 Å². The summed E-state index contributed by atoms with van der Waals surface area (Å²) in [7, 11) is 1.39. The van der Waals surface area contributed by atoms with Gasteiger partial charge < -0.3 is 29.6 Å². The number of aromatic nitrogens is 2. The van der Waals surface area contributed by atoms with Crippen molar-refractivity contribution in [3.05, 3.63) is 59.1 Å². The van der Waals surface area contributed by atoms with Crippen LogP contribution >= 0.6 is 0 Å². The first kappa shape index (κ1) is 31.6. The van der Waals surface area contributed by atoms with Gasteiger partial charge in [-0.25, -0.2) is 13.8 Å². The molecular formula is C31H42F2N4O4Si. The Hall–Kier alpha value is -3.28. The molecule has 3 aromatic rings. The van der Waals surface area contributed by atoms with Gasteiger partial charge >= 0.3 is 0 Å². The van der Waals surface area contributed by atoms with E-state index in [-0.39, 0.29) is 42.4 Å². The van der Waals surface area contributed by atoms with Crippen molar-refractivity contribution in [2.45, 2.75) is 76.7 Å². The number of benzene rings is 1. The lowest BCUT2D eigenvalue weighted by atomic mass is 9.93. The number of pyridine rings is 1. The maximum Gasteiger partial charge on any atom is 0.171 e. The van der Waals surface area contributed by atoms with Crippen molar-refractivity contribution in [1.29, 1.82) is 0 Å². The number of methoxy groups -OCH3 is 2. The number of ether oxygens (including phenoxy) is 3. The molecular weight excluding hydrogens is 558 g/mol. The van der Waals surface area contributed by atoms with Gasteiger partial charge in [0, 0.05) is 74.1 Å². The Morgan fingerprint density at radius 1 is 1.12 bits per heavy atom. The second kappa shape index (κ2) is 13.8. The van der Waals surface area contributed by atoms with Crippen molar-refractivity contribution in [3.8, 4) is 11.5 Å². The van der Waals surface area contributed by atoms with Crippen LogP contribution in [0.4, 0.5) is 8.78 Å². The van der Waals surface area contributed by atoms with Crippen molar-refractivity contribution >= 4 is 30.9 Å². The van der Waals surface area contributed by atoms with Gasteiger partial charge in [0.05, 0.1) is 26.4 Å². The number of halogens is 2. The number of nitrogens with two attached hydrogens (primary N) is 1. The average molecular weight is 601 g/mol. The fraction of sp³-hybridized carbons (Fsp3) is 0.484. The molecule has 0 spiro atoms. The Labute approximate surface area is 247 Å². The molecule has 1 aliphatic carbocycles. The van der Waals surface area contributed by atoms with Gasteiger partial charge in [0.25, 0.3) is 0 Å². The molecule has 0 radical (unpaired) electrons. The Morgan fingerprint density at radius 3 is 2.38 bits per heavy atom. The number of aliphatic hydroxyl groups is 1. The van der Waals surface area contributed by atoms with E-state index in [0.717, 1.165) is 42.7 Å². The Kier molecular flexibility index (Phi) is 10.4. The highest BCUT2D eigenvalue weighted by atomic mass is 28.3. The zero-order valence-electron chi connectivity index (χ0n) is 25.1. The molecule has 11 heteroatoms. The van der Waals surface area contributed by atoms with E-state index in [4.69, 9.17) is 29.9 Å². The lowest BCUT2D eigenvalue weighted by Gasteiger charge is -2.22. The number of rotatable bonds is 12. The summed E-state index contributed by atoms with van der Waals surface area (Å²) in [6.07, 6.45) is 9.55. The molecule has 1 fully saturated rings. The standard InChI is InChI=1S/C31H42F2N4O4Si/c1-39-27-14-28(40-2)30(33)26(29(27)32)13-21-18-37(19-41-10-11-42(3,4)5)31-25(21)12-20(16-36-31)22(15-34)17-35-23-6-8-24(38)9-7-23/h12,14-18,23-24,38H,6-11,13,19,34H2,1-5H3. The number of aliphatic hydroxyl groups excluding tert-OH is 1. The quantitative estimate of drug-likeness (QED) is 0.152. The minimum absolute atomic E-state index is 0.0606. The summed E-state index contributed by atoms with van der Waals surface area (Å²) in [4.78, 5) is 9.43. The van der Waals surface area contributed by atoms with Gasteiger partial charge in [0.15, 0.2) is 23.1 Å². The minimum atomic E-state index is -1.27. The van der Waals surface area contributed by atoms with E-state index in [2.05, 4.69) is 19.6 Å². The summed E-state index contributed by atoms with van der Waals surface area (Å²) >= 11 is 0. The molecule has 0 amide bonds. The molecule has 42 heavy (non-hydrogen) atoms. The SMILES string of the molecule is COc1cc(OC)c(F)c(Cc2cn(COCC[Si](C)(C)C)c3ncc(C(C=NC4CCC(O)CC4)=CN)cc23)c1F. The highest BCUT2D eigenvalue weighted by Gasteiger charge is 2.23. The molecule has 0 unspecified atom stereocenters. The molecule has 4 rings (SSSR count). The van der Waals surface area contributed by atoms with Crippen LogP contribution in [0.2, 0.25) is 25.7 Å². The highest BCUT2D eigenvalue weighted by Crippen LogP contribution is 2.34. The highest BCUT2D eigenvalue weighted by molar-refractivity contribution is 6.76. The van der Waals surface area contributed by atoms with E-state index in [9.17, 15) is 5.11 Å². The van der Waals surface area contributed by atoms with E-state index in [0.29, 0.717) is 23.4 Å². The van der Waals surface area contributed by atoms with Crippen molar-refractivity contribution in [2.75, 3.05) is 20.8 Å². The van der Waals surface area contributed by atoms with Gasteiger partial charge in [-0.15, -0.1) is 0 Å². The third kappa shape index (κ3) is 7.56. The van der Waals surface area contributed by atoms with Gasteiger partial charge in [0.2, 0.25) is 0 Å². The first-order valence-corrected chi connectivity index (χ1v) is 18.0. The van der Waals surface area contributed by atoms with E-state index in [1.54, 1.807) is 12.4 Å². The molecule has 228 valence electrons. The molecule has 2 aromatic heterocycles. The first-order valence-electron chi connectivity index (χ1n) is 14.3. The van der Waals surface area contributed by atoms with E-state index in [1.165, 1.54) is 26.5 Å². The van der Waals surface area contributed by atoms with Crippen molar-refractivity contribution in [2.24, 2.45) is 10.7 Å². The molecule has 0 bridgehead atoms. The summed E-state index contributed by atoms with van der Waals surface area (Å²) in [6, 6.07) is 4.26. The van der Waals surface area contributed by atoms with Crippen LogP contribution in [0.15, 0.2) is 35.7 Å². The number of aliphatic imine (C=N–C) groups is 1. The summed E-state index contributed by atoms with van der Waals surface area (Å²) in [5.41, 5.74) is 8.55. The van der Waals surface area contributed by atoms with Crippen LogP contribution in [0, 0.1) is 11.6 Å². The van der Waals surface area contributed by atoms with Crippen molar-refractivity contribution in [3.63, 3.8) is 0 Å². The zero-order chi connectivity index (χ0) is 30.4. The molecule has 1 aromatic carbocycles. The normalized spacial score (nSPS) is 18.2. The summed E-state index contributed by atoms with van der Waals surface area (Å²) in [5, 5.41) is 10.5. The van der Waals surface area contributed by atoms with Crippen LogP contribution in [0.5, 0.6) is 11.5 Å². The number of fused-ring (bicyclic) bond motifs is 1. The molecule has 8 nitrogen and oxygen atoms in total. The van der Waals surface area contributed by atoms with Gasteiger partial charge in [-0.05, 0) is 43.4 Å². The fourth-order valence-electron chi connectivity index (χ4n) is 5.07. The maximum absolute atomic E-state index is 15.3. The average Bonchev–Trinajstić information content (AvgIpc) is 3.31. The summed E-state index contributed by atoms with van der Waals surface area (Å²) in [5.74, 6) is -1.75. The smallest absolute Gasteiger partial charge is 0.171 e. The topological polar surface area (TPSA) is 104 Å². The Morgan fingerprint density at radius 2 is 1.79 bits per heavy atom. The molecule has 0 aliphatic heterocycles. The third-order valence-electron chi connectivity index (χ3n) is 7.66. The molecule has 3 N–H and O–H groups in total. The first-order chi connectivity index (χ1) is 20.0. The van der Waals surface area contributed by atoms with E-state index < -0.39 is 19.7 Å². The number of hydrogen-bond acceptors (Lipinski definition) is 7. The van der Waals surface area contributed by atoms with Crippen LogP contribution in [0.3, 0.4) is 0 Å². The molecule has 2 heterocycles. The third-order valence-corrected chi connectivity index (χ3v) is 9.36. The molecule has 1 saturated carbocycles. The Balaban J connectivity index is 1.71. The monoisotopic (exact) mass is 600 g/mol. The largest absolute Gasteiger partial charge is 0.494 e. The number of hydrogen-bond donors (Lipinski definition) is 2. The summed E-state index contributed by atoms with van der Waals surface area (Å²) in [6.45, 7) is 7.74. The Bertz CT molecular complexity index is 1410. The predicted octanol–water partition coefficient (Wildman–Crippen LogP) is 5.91. The number of nitrogens with zero attached hydrogens (tertiary/aromatic N) is 3. The van der Waals surface area contributed by atoms with Crippen LogP contribution in [0.25, 0.3) is 16.6 Å². The van der Waals surface area contributed by atoms with Gasteiger partial charge in [-0.1, -0.05) is 19.6 Å². The second-order valence-corrected chi connectivity index (χ2v) is 17.6. The number of allylic oxidation sites excluding steroid dienone is 1. The minimum Gasteiger partial charge on any atom is -0.494 e. The van der Waals surface area contributed by atoms with Crippen LogP contribution in [-0.2, 0) is 17.9 Å². The van der Waals surface area contributed by atoms with Crippen LogP contribution < -0.4 is 15.2 Å². The van der Waals surface area contributed by atoms with Crippen molar-refractivity contribution < 1.29 is 28.1 Å². The molecule has 0 saturated heterocycles. The predicted molar refractivity (Wildman–Crippen MR) is 165 cm³/mol. The maximum atomic E-state index is 15.3. The second-order valence-electron chi connectivity index (χ2n) is 12.0. The van der Waals surface area contributed by atoms with Crippen molar-refractivity contribution in [1.82, 2.24) is 9.55 Å². The lowest BCUT2D eigenvalue weighted by molar-refractivity contribution is 0.0898. The lowest BCUT2D eigenvalue weighted by Crippen LogP contribution is -2.22. The van der Waals surface area contributed by atoms with Gasteiger partial charge in [0.1, 0.15) is 12.4 Å². The summed E-state index contributed by atoms with van der Waals surface area (Å²) < 4.78 is 48.8. The van der Waals surface area contributed by atoms with E-state index in [1.807, 2.05) is 16.8 Å². The molecule has 0 atom stereocenters. The zero-order valence-corrected chi connectivity index (χ0v) is 26.1. The van der Waals surface area contributed by atoms with Crippen LogP contribution in [0.1, 0.15) is 42.4 Å².